The fourth-order valence-electron chi connectivity index (χ4n) is 1.35. The third kappa shape index (κ3) is 3.14. The molecule has 0 spiro atoms. The van der Waals surface area contributed by atoms with Crippen LogP contribution in [-0.2, 0) is 9.53 Å². The maximum atomic E-state index is 13.0. The summed E-state index contributed by atoms with van der Waals surface area (Å²) in [5.41, 5.74) is -0.127. The van der Waals surface area contributed by atoms with Gasteiger partial charge in [-0.3, -0.25) is 0 Å². The van der Waals surface area contributed by atoms with E-state index in [2.05, 4.69) is 9.72 Å². The van der Waals surface area contributed by atoms with Gasteiger partial charge < -0.3 is 19.7 Å². The molecule has 1 aromatic heterocycles. The number of hydrogen-bond acceptors (Lipinski definition) is 6. The third-order valence-corrected chi connectivity index (χ3v) is 2.18. The third-order valence-electron chi connectivity index (χ3n) is 2.18. The van der Waals surface area contributed by atoms with Crippen LogP contribution in [0, 0.1) is 5.82 Å². The zero-order chi connectivity index (χ0) is 13.7. The van der Waals surface area contributed by atoms with E-state index in [-0.39, 0.29) is 18.1 Å². The number of nitrogens with zero attached hydrogens (tertiary/aromatic N) is 1. The fraction of sp³-hybridized carbons (Fsp3) is 0.455. The van der Waals surface area contributed by atoms with Gasteiger partial charge in [-0.2, -0.15) is 0 Å². The minimum absolute atomic E-state index is 0.0567. The van der Waals surface area contributed by atoms with E-state index in [1.807, 2.05) is 0 Å². The summed E-state index contributed by atoms with van der Waals surface area (Å²) >= 11 is 0. The molecule has 6 nitrogen and oxygen atoms in total. The molecule has 0 amide bonds. The molecule has 18 heavy (non-hydrogen) atoms. The molecule has 2 unspecified atom stereocenters. The quantitative estimate of drug-likeness (QED) is 0.734. The summed E-state index contributed by atoms with van der Waals surface area (Å²) in [5.74, 6) is -1.80. The van der Waals surface area contributed by atoms with E-state index in [9.17, 15) is 19.4 Å². The highest BCUT2D eigenvalue weighted by atomic mass is 19.1. The molecule has 1 rings (SSSR count). The van der Waals surface area contributed by atoms with E-state index in [4.69, 9.17) is 4.74 Å². The number of halogens is 1. The van der Waals surface area contributed by atoms with Crippen LogP contribution in [0.25, 0.3) is 0 Å². The van der Waals surface area contributed by atoms with Crippen molar-refractivity contribution in [3.63, 3.8) is 0 Å². The number of rotatable bonds is 5. The molecular weight excluding hydrogens is 245 g/mol. The van der Waals surface area contributed by atoms with Crippen molar-refractivity contribution >= 4 is 5.97 Å². The summed E-state index contributed by atoms with van der Waals surface area (Å²) in [6.45, 7) is 1.61. The van der Waals surface area contributed by atoms with Crippen molar-refractivity contribution in [2.75, 3.05) is 13.7 Å². The lowest BCUT2D eigenvalue weighted by atomic mass is 10.1. The number of aliphatic hydroxyl groups is 2. The largest absolute Gasteiger partial charge is 0.481 e. The number of carbonyl (C=O) groups excluding carboxylic acids is 1. The van der Waals surface area contributed by atoms with Crippen molar-refractivity contribution in [3.8, 4) is 5.88 Å². The summed E-state index contributed by atoms with van der Waals surface area (Å²) in [6.07, 6.45) is -2.61. The number of aromatic nitrogens is 1. The Kier molecular flexibility index (Phi) is 4.99. The Morgan fingerprint density at radius 3 is 2.78 bits per heavy atom. The Morgan fingerprint density at radius 1 is 1.56 bits per heavy atom. The minimum Gasteiger partial charge on any atom is -0.481 e. The summed E-state index contributed by atoms with van der Waals surface area (Å²) < 4.78 is 22.4. The maximum absolute atomic E-state index is 13.0. The molecule has 0 saturated heterocycles. The van der Waals surface area contributed by atoms with Gasteiger partial charge in [0.05, 0.1) is 19.9 Å². The van der Waals surface area contributed by atoms with Crippen LogP contribution in [0.4, 0.5) is 4.39 Å². The molecule has 2 atom stereocenters. The van der Waals surface area contributed by atoms with E-state index in [0.29, 0.717) is 0 Å². The first-order chi connectivity index (χ1) is 8.51. The van der Waals surface area contributed by atoms with Crippen LogP contribution in [-0.4, -0.2) is 41.0 Å². The topological polar surface area (TPSA) is 88.9 Å². The van der Waals surface area contributed by atoms with Crippen LogP contribution in [0.2, 0.25) is 0 Å². The first kappa shape index (κ1) is 14.3. The number of pyridine rings is 1. The number of methoxy groups -OCH3 is 1. The highest BCUT2D eigenvalue weighted by Gasteiger charge is 2.30. The van der Waals surface area contributed by atoms with Crippen molar-refractivity contribution in [1.29, 1.82) is 0 Å². The van der Waals surface area contributed by atoms with Gasteiger partial charge in [-0.25, -0.2) is 14.2 Å². The molecule has 0 aliphatic carbocycles. The van der Waals surface area contributed by atoms with Crippen LogP contribution >= 0.6 is 0 Å². The predicted octanol–water partition coefficient (Wildman–Crippen LogP) is 0.187. The molecule has 0 aliphatic heterocycles. The van der Waals surface area contributed by atoms with Crippen molar-refractivity contribution < 1.29 is 28.9 Å². The van der Waals surface area contributed by atoms with Gasteiger partial charge in [0.2, 0.25) is 5.88 Å². The lowest BCUT2D eigenvalue weighted by molar-refractivity contribution is -0.159. The van der Waals surface area contributed by atoms with E-state index in [0.717, 1.165) is 12.3 Å². The molecule has 1 heterocycles. The highest BCUT2D eigenvalue weighted by molar-refractivity contribution is 5.75. The lowest BCUT2D eigenvalue weighted by Crippen LogP contribution is -2.30. The Morgan fingerprint density at radius 2 is 2.22 bits per heavy atom. The van der Waals surface area contributed by atoms with E-state index in [1.54, 1.807) is 6.92 Å². The van der Waals surface area contributed by atoms with Gasteiger partial charge in [-0.15, -0.1) is 0 Å². The minimum atomic E-state index is -1.83. The van der Waals surface area contributed by atoms with Crippen molar-refractivity contribution in [1.82, 2.24) is 4.98 Å². The number of ether oxygens (including phenoxy) is 2. The summed E-state index contributed by atoms with van der Waals surface area (Å²) in [6, 6.07) is 0.930. The van der Waals surface area contributed by atoms with Gasteiger partial charge >= 0.3 is 5.97 Å². The fourth-order valence-corrected chi connectivity index (χ4v) is 1.35. The Labute approximate surface area is 103 Å². The van der Waals surface area contributed by atoms with Gasteiger partial charge in [0.15, 0.2) is 6.10 Å². The maximum Gasteiger partial charge on any atom is 0.338 e. The molecule has 0 fully saturated rings. The molecule has 100 valence electrons. The molecule has 0 saturated carbocycles. The summed E-state index contributed by atoms with van der Waals surface area (Å²) in [7, 11) is 1.27. The zero-order valence-corrected chi connectivity index (χ0v) is 9.96. The monoisotopic (exact) mass is 259 g/mol. The second-order valence-corrected chi connectivity index (χ2v) is 3.39. The number of carbonyl (C=O) groups is 1. The summed E-state index contributed by atoms with van der Waals surface area (Å²) in [4.78, 5) is 14.8. The average Bonchev–Trinajstić information content (AvgIpc) is 2.37. The van der Waals surface area contributed by atoms with Gasteiger partial charge in [-0.05, 0) is 13.0 Å². The van der Waals surface area contributed by atoms with E-state index >= 15 is 0 Å². The first-order valence-corrected chi connectivity index (χ1v) is 5.23. The van der Waals surface area contributed by atoms with Gasteiger partial charge in [0, 0.05) is 5.56 Å². The standard InChI is InChI=1S/C11H14FNO5/c1-3-18-11(16)9(15)8(14)7-4-6(12)5-13-10(7)17-2/h4-5,8-9,14-15H,3H2,1-2H3. The van der Waals surface area contributed by atoms with Crippen molar-refractivity contribution in [3.05, 3.63) is 23.6 Å². The first-order valence-electron chi connectivity index (χ1n) is 5.23. The van der Waals surface area contributed by atoms with Crippen molar-refractivity contribution in [2.45, 2.75) is 19.1 Å². The molecule has 0 aliphatic rings. The molecule has 0 radical (unpaired) electrons. The number of aliphatic hydroxyl groups excluding tert-OH is 2. The molecule has 0 aromatic carbocycles. The van der Waals surface area contributed by atoms with Crippen LogP contribution in [0.3, 0.4) is 0 Å². The van der Waals surface area contributed by atoms with Gasteiger partial charge in [-0.1, -0.05) is 0 Å². The Bertz CT molecular complexity index is 426. The summed E-state index contributed by atoms with van der Waals surface area (Å²) in [5, 5.41) is 19.3. The smallest absolute Gasteiger partial charge is 0.338 e. The SMILES string of the molecule is CCOC(=O)C(O)C(O)c1cc(F)cnc1OC. The van der Waals surface area contributed by atoms with E-state index < -0.39 is 24.0 Å². The van der Waals surface area contributed by atoms with Crippen LogP contribution in [0.15, 0.2) is 12.3 Å². The lowest BCUT2D eigenvalue weighted by Gasteiger charge is -2.18. The van der Waals surface area contributed by atoms with Crippen LogP contribution in [0.1, 0.15) is 18.6 Å². The van der Waals surface area contributed by atoms with Crippen LogP contribution in [0.5, 0.6) is 5.88 Å². The highest BCUT2D eigenvalue weighted by Crippen LogP contribution is 2.26. The van der Waals surface area contributed by atoms with Crippen molar-refractivity contribution in [2.24, 2.45) is 0 Å². The normalized spacial score (nSPS) is 13.8. The zero-order valence-electron chi connectivity index (χ0n) is 9.96. The molecular formula is C11H14FNO5. The van der Waals surface area contributed by atoms with Gasteiger partial charge in [0.1, 0.15) is 11.9 Å². The number of esters is 1. The van der Waals surface area contributed by atoms with E-state index in [1.165, 1.54) is 7.11 Å². The number of hydrogen-bond donors (Lipinski definition) is 2. The average molecular weight is 259 g/mol. The predicted molar refractivity (Wildman–Crippen MR) is 58.3 cm³/mol. The molecule has 7 heteroatoms. The molecule has 2 N–H and O–H groups in total. The van der Waals surface area contributed by atoms with Gasteiger partial charge in [0.25, 0.3) is 0 Å². The van der Waals surface area contributed by atoms with Crippen LogP contribution < -0.4 is 4.74 Å². The molecule has 0 bridgehead atoms. The Balaban J connectivity index is 2.98. The second kappa shape index (κ2) is 6.27. The molecule has 1 aromatic rings. The second-order valence-electron chi connectivity index (χ2n) is 3.39. The Hall–Kier alpha value is -1.73.